The Balaban J connectivity index is 1.83. The van der Waals surface area contributed by atoms with Crippen LogP contribution in [0.3, 0.4) is 0 Å². The van der Waals surface area contributed by atoms with E-state index in [4.69, 9.17) is 15.2 Å². The van der Waals surface area contributed by atoms with Crippen LogP contribution in [0.25, 0.3) is 0 Å². The molecule has 1 atom stereocenters. The summed E-state index contributed by atoms with van der Waals surface area (Å²) in [5.41, 5.74) is 6.57. The summed E-state index contributed by atoms with van der Waals surface area (Å²) in [7, 11) is 1.83. The Morgan fingerprint density at radius 3 is 2.86 bits per heavy atom. The minimum atomic E-state index is 0.163. The molecule has 1 aromatic carbocycles. The first-order valence-electron chi connectivity index (χ1n) is 7.42. The lowest BCUT2D eigenvalue weighted by atomic mass is 10.0. The summed E-state index contributed by atoms with van der Waals surface area (Å²) < 4.78 is 10.6. The van der Waals surface area contributed by atoms with Gasteiger partial charge in [0.2, 0.25) is 12.7 Å². The second-order valence-corrected chi connectivity index (χ2v) is 5.66. The molecular formula is C16H24N2O3. The lowest BCUT2D eigenvalue weighted by Crippen LogP contribution is -2.26. The van der Waals surface area contributed by atoms with E-state index in [1.165, 1.54) is 0 Å². The molecule has 116 valence electrons. The highest BCUT2D eigenvalue weighted by Crippen LogP contribution is 2.32. The van der Waals surface area contributed by atoms with Gasteiger partial charge in [0.05, 0.1) is 0 Å². The number of carbonyl (C=O) groups is 1. The van der Waals surface area contributed by atoms with Crippen molar-refractivity contribution in [3.05, 3.63) is 23.8 Å². The Morgan fingerprint density at radius 2 is 2.10 bits per heavy atom. The number of hydrogen-bond acceptors (Lipinski definition) is 4. The third kappa shape index (κ3) is 4.36. The molecule has 0 radical (unpaired) electrons. The number of amides is 1. The topological polar surface area (TPSA) is 64.8 Å². The van der Waals surface area contributed by atoms with Crippen molar-refractivity contribution in [1.82, 2.24) is 4.90 Å². The summed E-state index contributed by atoms with van der Waals surface area (Å²) in [4.78, 5) is 13.9. The molecule has 1 aliphatic rings. The second kappa shape index (κ2) is 7.31. The molecule has 0 saturated heterocycles. The summed E-state index contributed by atoms with van der Waals surface area (Å²) >= 11 is 0. The predicted molar refractivity (Wildman–Crippen MR) is 81.1 cm³/mol. The predicted octanol–water partition coefficient (Wildman–Crippen LogP) is 2.14. The Bertz CT molecular complexity index is 490. The van der Waals surface area contributed by atoms with Gasteiger partial charge in [-0.2, -0.15) is 0 Å². The minimum Gasteiger partial charge on any atom is -0.454 e. The maximum Gasteiger partial charge on any atom is 0.231 e. The SMILES string of the molecule is CC(CCN)CCC(=O)N(C)Cc1ccc2c(c1)OCO2. The molecule has 0 saturated carbocycles. The Labute approximate surface area is 126 Å². The van der Waals surface area contributed by atoms with Gasteiger partial charge in [0.1, 0.15) is 0 Å². The number of nitrogens with zero attached hydrogens (tertiary/aromatic N) is 1. The monoisotopic (exact) mass is 292 g/mol. The van der Waals surface area contributed by atoms with E-state index in [1.807, 2.05) is 25.2 Å². The van der Waals surface area contributed by atoms with Crippen molar-refractivity contribution in [3.63, 3.8) is 0 Å². The fraction of sp³-hybridized carbons (Fsp3) is 0.562. The molecule has 1 unspecified atom stereocenters. The van der Waals surface area contributed by atoms with Gasteiger partial charge in [-0.3, -0.25) is 4.79 Å². The number of ether oxygens (including phenoxy) is 2. The molecule has 1 heterocycles. The number of rotatable bonds is 7. The summed E-state index contributed by atoms with van der Waals surface area (Å²) in [6.07, 6.45) is 2.43. The molecule has 0 spiro atoms. The van der Waals surface area contributed by atoms with Gasteiger partial charge in [-0.1, -0.05) is 13.0 Å². The van der Waals surface area contributed by atoms with E-state index in [1.54, 1.807) is 4.90 Å². The minimum absolute atomic E-state index is 0.163. The molecule has 21 heavy (non-hydrogen) atoms. The van der Waals surface area contributed by atoms with Gasteiger partial charge in [-0.25, -0.2) is 0 Å². The third-order valence-electron chi connectivity index (χ3n) is 3.79. The first-order chi connectivity index (χ1) is 10.1. The zero-order valence-electron chi connectivity index (χ0n) is 12.8. The highest BCUT2D eigenvalue weighted by atomic mass is 16.7. The largest absolute Gasteiger partial charge is 0.454 e. The van der Waals surface area contributed by atoms with Gasteiger partial charge in [0.25, 0.3) is 0 Å². The Hall–Kier alpha value is -1.75. The number of fused-ring (bicyclic) bond motifs is 1. The Kier molecular flexibility index (Phi) is 5.44. The maximum atomic E-state index is 12.1. The zero-order chi connectivity index (χ0) is 15.2. The first kappa shape index (κ1) is 15.6. The molecule has 1 amide bonds. The van der Waals surface area contributed by atoms with Crippen molar-refractivity contribution in [2.45, 2.75) is 32.7 Å². The van der Waals surface area contributed by atoms with Crippen molar-refractivity contribution < 1.29 is 14.3 Å². The van der Waals surface area contributed by atoms with Crippen LogP contribution in [0.5, 0.6) is 11.5 Å². The quantitative estimate of drug-likeness (QED) is 0.836. The molecule has 1 aliphatic heterocycles. The van der Waals surface area contributed by atoms with Gasteiger partial charge in [-0.05, 0) is 43.0 Å². The van der Waals surface area contributed by atoms with Crippen LogP contribution in [0.4, 0.5) is 0 Å². The van der Waals surface area contributed by atoms with E-state index >= 15 is 0 Å². The van der Waals surface area contributed by atoms with Gasteiger partial charge < -0.3 is 20.1 Å². The highest BCUT2D eigenvalue weighted by Gasteiger charge is 2.15. The van der Waals surface area contributed by atoms with Gasteiger partial charge >= 0.3 is 0 Å². The standard InChI is InChI=1S/C16H24N2O3/c1-12(7-8-17)3-6-16(19)18(2)10-13-4-5-14-15(9-13)21-11-20-14/h4-5,9,12H,3,6-8,10-11,17H2,1-2H3. The van der Waals surface area contributed by atoms with E-state index < -0.39 is 0 Å². The molecule has 5 heteroatoms. The van der Waals surface area contributed by atoms with Crippen molar-refractivity contribution in [2.75, 3.05) is 20.4 Å². The smallest absolute Gasteiger partial charge is 0.231 e. The number of hydrogen-bond donors (Lipinski definition) is 1. The average Bonchev–Trinajstić information content (AvgIpc) is 2.92. The summed E-state index contributed by atoms with van der Waals surface area (Å²) in [6.45, 7) is 3.67. The number of benzene rings is 1. The lowest BCUT2D eigenvalue weighted by molar-refractivity contribution is -0.130. The van der Waals surface area contributed by atoms with E-state index in [0.717, 1.165) is 29.9 Å². The van der Waals surface area contributed by atoms with E-state index in [0.29, 0.717) is 25.4 Å². The summed E-state index contributed by atoms with van der Waals surface area (Å²) in [5, 5.41) is 0. The van der Waals surface area contributed by atoms with Gasteiger partial charge in [0.15, 0.2) is 11.5 Å². The zero-order valence-corrected chi connectivity index (χ0v) is 12.8. The fourth-order valence-electron chi connectivity index (χ4n) is 2.39. The van der Waals surface area contributed by atoms with Gasteiger partial charge in [-0.15, -0.1) is 0 Å². The van der Waals surface area contributed by atoms with E-state index in [9.17, 15) is 4.79 Å². The molecule has 0 fully saturated rings. The lowest BCUT2D eigenvalue weighted by Gasteiger charge is -2.18. The van der Waals surface area contributed by atoms with Gasteiger partial charge in [0, 0.05) is 20.0 Å². The Morgan fingerprint density at radius 1 is 1.33 bits per heavy atom. The molecule has 0 bridgehead atoms. The average molecular weight is 292 g/mol. The normalized spacial score (nSPS) is 14.0. The van der Waals surface area contributed by atoms with Crippen molar-refractivity contribution in [1.29, 1.82) is 0 Å². The van der Waals surface area contributed by atoms with Crippen LogP contribution >= 0.6 is 0 Å². The molecule has 0 aromatic heterocycles. The fourth-order valence-corrected chi connectivity index (χ4v) is 2.39. The molecule has 1 aromatic rings. The first-order valence-corrected chi connectivity index (χ1v) is 7.42. The molecule has 2 N–H and O–H groups in total. The van der Waals surface area contributed by atoms with Crippen LogP contribution in [0.1, 0.15) is 31.7 Å². The van der Waals surface area contributed by atoms with Crippen LogP contribution in [-0.4, -0.2) is 31.2 Å². The highest BCUT2D eigenvalue weighted by molar-refractivity contribution is 5.75. The summed E-state index contributed by atoms with van der Waals surface area (Å²) in [6, 6.07) is 5.79. The molecular weight excluding hydrogens is 268 g/mol. The van der Waals surface area contributed by atoms with Crippen LogP contribution in [0.15, 0.2) is 18.2 Å². The molecule has 2 rings (SSSR count). The van der Waals surface area contributed by atoms with E-state index in [2.05, 4.69) is 6.92 Å². The summed E-state index contributed by atoms with van der Waals surface area (Å²) in [5.74, 6) is 2.18. The number of carbonyl (C=O) groups excluding carboxylic acids is 1. The van der Waals surface area contributed by atoms with Crippen molar-refractivity contribution in [2.24, 2.45) is 11.7 Å². The van der Waals surface area contributed by atoms with Crippen molar-refractivity contribution in [3.8, 4) is 11.5 Å². The van der Waals surface area contributed by atoms with Crippen LogP contribution in [-0.2, 0) is 11.3 Å². The molecule has 0 aliphatic carbocycles. The number of nitrogens with two attached hydrogens (primary N) is 1. The second-order valence-electron chi connectivity index (χ2n) is 5.66. The van der Waals surface area contributed by atoms with Crippen molar-refractivity contribution >= 4 is 5.91 Å². The van der Waals surface area contributed by atoms with Crippen LogP contribution in [0, 0.1) is 5.92 Å². The van der Waals surface area contributed by atoms with Crippen LogP contribution in [0.2, 0.25) is 0 Å². The molecule has 5 nitrogen and oxygen atoms in total. The van der Waals surface area contributed by atoms with Crippen LogP contribution < -0.4 is 15.2 Å². The van der Waals surface area contributed by atoms with E-state index in [-0.39, 0.29) is 12.7 Å². The third-order valence-corrected chi connectivity index (χ3v) is 3.79. The maximum absolute atomic E-state index is 12.1.